The Hall–Kier alpha value is -1.86. The number of carbonyl (C=O) groups is 1. The second kappa shape index (κ2) is 9.37. The van der Waals surface area contributed by atoms with Crippen LogP contribution in [0.25, 0.3) is 10.9 Å². The van der Waals surface area contributed by atoms with E-state index in [4.69, 9.17) is 4.74 Å². The van der Waals surface area contributed by atoms with Crippen LogP contribution in [-0.4, -0.2) is 52.4 Å². The van der Waals surface area contributed by atoms with Gasteiger partial charge in [0.1, 0.15) is 0 Å². The summed E-state index contributed by atoms with van der Waals surface area (Å²) in [5.74, 6) is 0.127. The molecule has 1 fully saturated rings. The van der Waals surface area contributed by atoms with Crippen LogP contribution >= 0.6 is 11.8 Å². The molecule has 3 rings (SSSR count). The highest BCUT2D eigenvalue weighted by Crippen LogP contribution is 2.25. The van der Waals surface area contributed by atoms with Crippen LogP contribution in [0.2, 0.25) is 0 Å². The number of benzene rings is 1. The number of carbonyl (C=O) groups excluding carboxylic acids is 1. The molecular weight excluding hydrogens is 362 g/mol. The maximum absolute atomic E-state index is 12.9. The molecule has 0 bridgehead atoms. The van der Waals surface area contributed by atoms with E-state index in [1.54, 1.807) is 17.7 Å². The minimum atomic E-state index is -0.287. The Morgan fingerprint density at radius 2 is 1.93 bits per heavy atom. The van der Waals surface area contributed by atoms with Crippen LogP contribution in [0, 0.1) is 0 Å². The summed E-state index contributed by atoms with van der Waals surface area (Å²) in [6, 6.07) is 7.33. The largest absolute Gasteiger partial charge is 0.383 e. The number of hydrogen-bond acceptors (Lipinski definition) is 5. The molecule has 0 unspecified atom stereocenters. The summed E-state index contributed by atoms with van der Waals surface area (Å²) < 4.78 is 6.79. The molecule has 1 saturated heterocycles. The fourth-order valence-electron chi connectivity index (χ4n) is 3.37. The number of amides is 1. The summed E-state index contributed by atoms with van der Waals surface area (Å²) in [5.41, 5.74) is 0.572. The Bertz CT molecular complexity index is 844. The zero-order chi connectivity index (χ0) is 19.2. The van der Waals surface area contributed by atoms with Crippen LogP contribution in [-0.2, 0) is 16.1 Å². The molecule has 27 heavy (non-hydrogen) atoms. The van der Waals surface area contributed by atoms with Crippen molar-refractivity contribution in [1.82, 2.24) is 14.5 Å². The van der Waals surface area contributed by atoms with Crippen molar-refractivity contribution in [1.29, 1.82) is 0 Å². The molecule has 1 aromatic heterocycles. The number of fused-ring (bicyclic) bond motifs is 1. The Morgan fingerprint density at radius 3 is 2.63 bits per heavy atom. The first kappa shape index (κ1) is 19.9. The monoisotopic (exact) mass is 389 g/mol. The zero-order valence-electron chi connectivity index (χ0n) is 16.0. The van der Waals surface area contributed by atoms with Crippen molar-refractivity contribution in [3.05, 3.63) is 34.6 Å². The van der Waals surface area contributed by atoms with Gasteiger partial charge in [-0.25, -0.2) is 4.98 Å². The lowest BCUT2D eigenvalue weighted by atomic mass is 10.2. The average molecular weight is 390 g/mol. The molecule has 0 spiro atoms. The van der Waals surface area contributed by atoms with Gasteiger partial charge in [-0.3, -0.25) is 14.2 Å². The quantitative estimate of drug-likeness (QED) is 0.561. The van der Waals surface area contributed by atoms with Crippen molar-refractivity contribution in [2.75, 3.05) is 26.8 Å². The molecule has 0 radical (unpaired) electrons. The zero-order valence-corrected chi connectivity index (χ0v) is 16.8. The van der Waals surface area contributed by atoms with E-state index in [0.717, 1.165) is 25.9 Å². The number of ether oxygens (including phenoxy) is 1. The molecule has 1 aliphatic heterocycles. The molecule has 1 aliphatic rings. The summed E-state index contributed by atoms with van der Waals surface area (Å²) in [4.78, 5) is 32.4. The van der Waals surface area contributed by atoms with Crippen molar-refractivity contribution in [2.24, 2.45) is 0 Å². The highest BCUT2D eigenvalue weighted by Gasteiger charge is 2.24. The average Bonchev–Trinajstić information content (AvgIpc) is 2.96. The molecule has 0 saturated carbocycles. The number of rotatable bonds is 6. The van der Waals surface area contributed by atoms with Gasteiger partial charge in [0, 0.05) is 20.2 Å². The lowest BCUT2D eigenvalue weighted by molar-refractivity contribution is -0.130. The van der Waals surface area contributed by atoms with Crippen molar-refractivity contribution in [2.45, 2.75) is 49.6 Å². The summed E-state index contributed by atoms with van der Waals surface area (Å²) in [6.07, 6.45) is 4.51. The van der Waals surface area contributed by atoms with E-state index >= 15 is 0 Å². The first-order valence-electron chi connectivity index (χ1n) is 9.56. The highest BCUT2D eigenvalue weighted by atomic mass is 32.2. The second-order valence-corrected chi connectivity index (χ2v) is 8.17. The molecule has 0 N–H and O–H groups in total. The number of methoxy groups -OCH3 is 1. The maximum Gasteiger partial charge on any atom is 0.262 e. The number of thioether (sulfide) groups is 1. The van der Waals surface area contributed by atoms with Crippen LogP contribution in [0.4, 0.5) is 0 Å². The highest BCUT2D eigenvalue weighted by molar-refractivity contribution is 8.00. The molecule has 1 atom stereocenters. The molecule has 0 aliphatic carbocycles. The van der Waals surface area contributed by atoms with Gasteiger partial charge in [0.05, 0.1) is 29.3 Å². The molecule has 2 aromatic rings. The Balaban J connectivity index is 1.87. The van der Waals surface area contributed by atoms with Crippen LogP contribution in [0.5, 0.6) is 0 Å². The van der Waals surface area contributed by atoms with Gasteiger partial charge in [-0.1, -0.05) is 36.7 Å². The van der Waals surface area contributed by atoms with Gasteiger partial charge in [0.2, 0.25) is 5.91 Å². The van der Waals surface area contributed by atoms with Crippen LogP contribution < -0.4 is 5.56 Å². The van der Waals surface area contributed by atoms with Crippen molar-refractivity contribution in [3.63, 3.8) is 0 Å². The Kier molecular flexibility index (Phi) is 6.90. The molecular formula is C20H27N3O3S. The third-order valence-corrected chi connectivity index (χ3v) is 5.97. The summed E-state index contributed by atoms with van der Waals surface area (Å²) in [5, 5.41) is 0.876. The molecule has 6 nitrogen and oxygen atoms in total. The smallest absolute Gasteiger partial charge is 0.262 e. The third-order valence-electron chi connectivity index (χ3n) is 4.89. The SMILES string of the molecule is COCCn1c(S[C@@H](C)C(=O)N2CCCCCC2)nc2ccccc2c1=O. The number of likely N-dealkylation sites (tertiary alicyclic amines) is 1. The van der Waals surface area contributed by atoms with Crippen LogP contribution in [0.3, 0.4) is 0 Å². The van der Waals surface area contributed by atoms with Gasteiger partial charge in [-0.2, -0.15) is 0 Å². The predicted octanol–water partition coefficient (Wildman–Crippen LogP) is 2.93. The van der Waals surface area contributed by atoms with E-state index < -0.39 is 0 Å². The lowest BCUT2D eigenvalue weighted by Gasteiger charge is -2.24. The summed E-state index contributed by atoms with van der Waals surface area (Å²) in [6.45, 7) is 4.39. The van der Waals surface area contributed by atoms with Gasteiger partial charge in [0.15, 0.2) is 5.16 Å². The molecule has 1 aromatic carbocycles. The summed E-state index contributed by atoms with van der Waals surface area (Å²) >= 11 is 1.36. The maximum atomic E-state index is 12.9. The van der Waals surface area contributed by atoms with Gasteiger partial charge >= 0.3 is 0 Å². The predicted molar refractivity (Wildman–Crippen MR) is 108 cm³/mol. The van der Waals surface area contributed by atoms with Crippen molar-refractivity contribution < 1.29 is 9.53 Å². The molecule has 7 heteroatoms. The third kappa shape index (κ3) is 4.71. The first-order chi connectivity index (χ1) is 13.1. The number of nitrogens with zero attached hydrogens (tertiary/aromatic N) is 3. The summed E-state index contributed by atoms with van der Waals surface area (Å²) in [7, 11) is 1.61. The van der Waals surface area contributed by atoms with E-state index in [1.165, 1.54) is 24.6 Å². The first-order valence-corrected chi connectivity index (χ1v) is 10.4. The number of aromatic nitrogens is 2. The van der Waals surface area contributed by atoms with Crippen molar-refractivity contribution in [3.8, 4) is 0 Å². The topological polar surface area (TPSA) is 64.4 Å². The minimum Gasteiger partial charge on any atom is -0.383 e. The van der Waals surface area contributed by atoms with E-state index in [-0.39, 0.29) is 16.7 Å². The Morgan fingerprint density at radius 1 is 1.22 bits per heavy atom. The van der Waals surface area contributed by atoms with Crippen molar-refractivity contribution >= 4 is 28.6 Å². The molecule has 2 heterocycles. The van der Waals surface area contributed by atoms with E-state index in [1.807, 2.05) is 30.0 Å². The fraction of sp³-hybridized carbons (Fsp3) is 0.550. The standard InChI is InChI=1S/C20H27N3O3S/c1-15(18(24)22-11-7-3-4-8-12-22)27-20-21-17-10-6-5-9-16(17)19(25)23(20)13-14-26-2/h5-6,9-10,15H,3-4,7-8,11-14H2,1-2H3/t15-/m0/s1. The minimum absolute atomic E-state index is 0.0884. The van der Waals surface area contributed by atoms with Crippen LogP contribution in [0.1, 0.15) is 32.6 Å². The fourth-order valence-corrected chi connectivity index (χ4v) is 4.39. The lowest BCUT2D eigenvalue weighted by Crippen LogP contribution is -2.37. The van der Waals surface area contributed by atoms with E-state index in [2.05, 4.69) is 4.98 Å². The van der Waals surface area contributed by atoms with Gasteiger partial charge in [-0.05, 0) is 31.9 Å². The van der Waals surface area contributed by atoms with E-state index in [9.17, 15) is 9.59 Å². The van der Waals surface area contributed by atoms with Gasteiger partial charge in [-0.15, -0.1) is 0 Å². The number of hydrogen-bond donors (Lipinski definition) is 0. The second-order valence-electron chi connectivity index (χ2n) is 6.86. The molecule has 146 valence electrons. The number of para-hydroxylation sites is 1. The van der Waals surface area contributed by atoms with Gasteiger partial charge in [0.25, 0.3) is 5.56 Å². The van der Waals surface area contributed by atoms with Gasteiger partial charge < -0.3 is 9.64 Å². The normalized spacial score (nSPS) is 16.3. The molecule has 1 amide bonds. The van der Waals surface area contributed by atoms with Crippen LogP contribution in [0.15, 0.2) is 34.2 Å². The van der Waals surface area contributed by atoms with E-state index in [0.29, 0.717) is 29.2 Å². The Labute approximate surface area is 163 Å².